The van der Waals surface area contributed by atoms with E-state index in [1.165, 1.54) is 17.3 Å². The van der Waals surface area contributed by atoms with Crippen molar-refractivity contribution in [1.82, 2.24) is 20.1 Å². The van der Waals surface area contributed by atoms with Gasteiger partial charge < -0.3 is 9.73 Å². The Morgan fingerprint density at radius 2 is 2.24 bits per heavy atom. The van der Waals surface area contributed by atoms with Crippen molar-refractivity contribution in [3.8, 4) is 0 Å². The van der Waals surface area contributed by atoms with E-state index in [4.69, 9.17) is 4.42 Å². The van der Waals surface area contributed by atoms with E-state index in [2.05, 4.69) is 15.4 Å². The van der Waals surface area contributed by atoms with Gasteiger partial charge in [-0.2, -0.15) is 5.10 Å². The average molecular weight is 252 g/mol. The molecule has 0 aliphatic heterocycles. The quantitative estimate of drug-likeness (QED) is 0.900. The predicted octanol–water partition coefficient (Wildman–Crippen LogP) is 1.90. The number of nitrogens with zero attached hydrogens (tertiary/aromatic N) is 3. The summed E-state index contributed by atoms with van der Waals surface area (Å²) in [6.45, 7) is 4.72. The molecule has 0 radical (unpaired) electrons. The van der Waals surface area contributed by atoms with Crippen LogP contribution in [0.15, 0.2) is 20.9 Å². The van der Waals surface area contributed by atoms with Gasteiger partial charge in [0.2, 0.25) is 0 Å². The number of nitrogens with one attached hydrogen (secondary N) is 1. The van der Waals surface area contributed by atoms with Gasteiger partial charge in [-0.3, -0.25) is 4.68 Å². The molecule has 17 heavy (non-hydrogen) atoms. The molecule has 0 spiro atoms. The summed E-state index contributed by atoms with van der Waals surface area (Å²) in [5, 5.41) is 9.29. The molecule has 0 aliphatic rings. The summed E-state index contributed by atoms with van der Waals surface area (Å²) < 4.78 is 7.22. The molecule has 0 bridgehead atoms. The van der Waals surface area contributed by atoms with E-state index in [1.807, 2.05) is 32.6 Å². The second-order valence-corrected chi connectivity index (χ2v) is 4.82. The molecule has 0 fully saturated rings. The van der Waals surface area contributed by atoms with Crippen LogP contribution < -0.4 is 5.32 Å². The number of aryl methyl sites for hydroxylation is 3. The van der Waals surface area contributed by atoms with E-state index in [-0.39, 0.29) is 0 Å². The van der Waals surface area contributed by atoms with Crippen molar-refractivity contribution >= 4 is 11.8 Å². The zero-order valence-corrected chi connectivity index (χ0v) is 11.3. The highest BCUT2D eigenvalue weighted by atomic mass is 32.2. The number of rotatable bonds is 4. The molecule has 2 aromatic heterocycles. The standard InChI is InChI=1S/C11H16N4OS/c1-7-6-16-11(13-7)17-10-9(5-12-3)8(2)14-15(10)4/h6,12H,5H2,1-4H3. The van der Waals surface area contributed by atoms with Crippen molar-refractivity contribution in [2.24, 2.45) is 7.05 Å². The lowest BCUT2D eigenvalue weighted by molar-refractivity contribution is 0.453. The topological polar surface area (TPSA) is 55.9 Å². The molecule has 6 heteroatoms. The third kappa shape index (κ3) is 2.53. The van der Waals surface area contributed by atoms with E-state index < -0.39 is 0 Å². The lowest BCUT2D eigenvalue weighted by Gasteiger charge is -2.03. The lowest BCUT2D eigenvalue weighted by atomic mass is 10.3. The van der Waals surface area contributed by atoms with Crippen LogP contribution in [0.4, 0.5) is 0 Å². The zero-order valence-electron chi connectivity index (χ0n) is 10.4. The molecule has 0 atom stereocenters. The number of hydrogen-bond acceptors (Lipinski definition) is 5. The van der Waals surface area contributed by atoms with E-state index >= 15 is 0 Å². The highest BCUT2D eigenvalue weighted by Crippen LogP contribution is 2.30. The van der Waals surface area contributed by atoms with Crippen LogP contribution in [0.3, 0.4) is 0 Å². The Morgan fingerprint density at radius 1 is 1.47 bits per heavy atom. The van der Waals surface area contributed by atoms with Crippen LogP contribution >= 0.6 is 11.8 Å². The van der Waals surface area contributed by atoms with Crippen molar-refractivity contribution in [3.63, 3.8) is 0 Å². The third-order valence-corrected chi connectivity index (χ3v) is 3.49. The summed E-state index contributed by atoms with van der Waals surface area (Å²) in [6, 6.07) is 0. The first-order valence-electron chi connectivity index (χ1n) is 5.39. The molecule has 92 valence electrons. The van der Waals surface area contributed by atoms with Gasteiger partial charge in [0.1, 0.15) is 11.3 Å². The lowest BCUT2D eigenvalue weighted by Crippen LogP contribution is -2.06. The van der Waals surface area contributed by atoms with Crippen molar-refractivity contribution < 1.29 is 4.42 Å². The van der Waals surface area contributed by atoms with Crippen molar-refractivity contribution in [2.75, 3.05) is 7.05 Å². The summed E-state index contributed by atoms with van der Waals surface area (Å²) in [7, 11) is 3.86. The first kappa shape index (κ1) is 12.2. The maximum atomic E-state index is 5.36. The van der Waals surface area contributed by atoms with Crippen LogP contribution in [0.25, 0.3) is 0 Å². The fourth-order valence-electron chi connectivity index (χ4n) is 1.65. The maximum Gasteiger partial charge on any atom is 0.262 e. The van der Waals surface area contributed by atoms with Gasteiger partial charge in [-0.25, -0.2) is 4.98 Å². The average Bonchev–Trinajstić information content (AvgIpc) is 2.78. The molecule has 0 aromatic carbocycles. The second kappa shape index (κ2) is 4.93. The molecule has 1 N–H and O–H groups in total. The fraction of sp³-hybridized carbons (Fsp3) is 0.455. The smallest absolute Gasteiger partial charge is 0.262 e. The Hall–Kier alpha value is -1.27. The van der Waals surface area contributed by atoms with E-state index in [1.54, 1.807) is 6.26 Å². The van der Waals surface area contributed by atoms with Gasteiger partial charge in [0, 0.05) is 19.2 Å². The monoisotopic (exact) mass is 252 g/mol. The van der Waals surface area contributed by atoms with Crippen LogP contribution in [-0.2, 0) is 13.6 Å². The van der Waals surface area contributed by atoms with E-state index in [0.29, 0.717) is 5.22 Å². The largest absolute Gasteiger partial charge is 0.439 e. The summed E-state index contributed by atoms with van der Waals surface area (Å²) in [5.74, 6) is 0. The minimum atomic E-state index is 0.655. The first-order valence-corrected chi connectivity index (χ1v) is 6.20. The Labute approximate surface area is 105 Å². The van der Waals surface area contributed by atoms with Crippen LogP contribution in [0.5, 0.6) is 0 Å². The zero-order chi connectivity index (χ0) is 12.4. The molecular formula is C11H16N4OS. The summed E-state index contributed by atoms with van der Waals surface area (Å²) in [4.78, 5) is 4.29. The van der Waals surface area contributed by atoms with Crippen molar-refractivity contribution in [2.45, 2.75) is 30.6 Å². The molecule has 0 saturated heterocycles. The SMILES string of the molecule is CNCc1c(C)nn(C)c1Sc1nc(C)co1. The molecule has 0 amide bonds. The van der Waals surface area contributed by atoms with Gasteiger partial charge in [-0.15, -0.1) is 0 Å². The molecule has 2 aromatic rings. The number of oxazole rings is 1. The van der Waals surface area contributed by atoms with Crippen LogP contribution in [-0.4, -0.2) is 21.8 Å². The first-order chi connectivity index (χ1) is 8.11. The number of aromatic nitrogens is 3. The normalized spacial score (nSPS) is 11.1. The van der Waals surface area contributed by atoms with Crippen LogP contribution in [0, 0.1) is 13.8 Å². The van der Waals surface area contributed by atoms with Gasteiger partial charge in [-0.05, 0) is 32.7 Å². The molecular weight excluding hydrogens is 236 g/mol. The minimum absolute atomic E-state index is 0.655. The van der Waals surface area contributed by atoms with Gasteiger partial charge in [0.05, 0.1) is 11.4 Å². The van der Waals surface area contributed by atoms with Gasteiger partial charge in [-0.1, -0.05) is 0 Å². The Balaban J connectivity index is 2.31. The Kier molecular flexibility index (Phi) is 3.54. The molecule has 2 rings (SSSR count). The van der Waals surface area contributed by atoms with Crippen LogP contribution in [0.1, 0.15) is 17.0 Å². The second-order valence-electron chi connectivity index (χ2n) is 3.88. The number of hydrogen-bond donors (Lipinski definition) is 1. The highest BCUT2D eigenvalue weighted by molar-refractivity contribution is 7.99. The Bertz CT molecular complexity index is 518. The van der Waals surface area contributed by atoms with Crippen molar-refractivity contribution in [1.29, 1.82) is 0 Å². The Morgan fingerprint density at radius 3 is 2.82 bits per heavy atom. The summed E-state index contributed by atoms with van der Waals surface area (Å²) >= 11 is 1.51. The molecule has 0 unspecified atom stereocenters. The molecule has 2 heterocycles. The van der Waals surface area contributed by atoms with Gasteiger partial charge in [0.15, 0.2) is 0 Å². The summed E-state index contributed by atoms with van der Waals surface area (Å²) in [6.07, 6.45) is 1.66. The highest BCUT2D eigenvalue weighted by Gasteiger charge is 2.16. The van der Waals surface area contributed by atoms with Gasteiger partial charge in [0.25, 0.3) is 5.22 Å². The molecule has 5 nitrogen and oxygen atoms in total. The maximum absolute atomic E-state index is 5.36. The predicted molar refractivity (Wildman–Crippen MR) is 66.1 cm³/mol. The minimum Gasteiger partial charge on any atom is -0.439 e. The van der Waals surface area contributed by atoms with Gasteiger partial charge >= 0.3 is 0 Å². The third-order valence-electron chi connectivity index (χ3n) is 2.42. The van der Waals surface area contributed by atoms with E-state index in [0.717, 1.165) is 23.0 Å². The molecule has 0 aliphatic carbocycles. The van der Waals surface area contributed by atoms with E-state index in [9.17, 15) is 0 Å². The molecule has 0 saturated carbocycles. The van der Waals surface area contributed by atoms with Crippen molar-refractivity contribution in [3.05, 3.63) is 23.2 Å². The van der Waals surface area contributed by atoms with Crippen LogP contribution in [0.2, 0.25) is 0 Å². The fourth-order valence-corrected chi connectivity index (χ4v) is 2.62. The summed E-state index contributed by atoms with van der Waals surface area (Å²) in [5.41, 5.74) is 3.12.